The summed E-state index contributed by atoms with van der Waals surface area (Å²) >= 11 is 11.3. The van der Waals surface area contributed by atoms with Crippen molar-refractivity contribution in [3.8, 4) is 5.75 Å². The second-order valence-corrected chi connectivity index (χ2v) is 3.76. The highest BCUT2D eigenvalue weighted by Gasteiger charge is 2.08. The first kappa shape index (κ1) is 12.4. The van der Waals surface area contributed by atoms with Gasteiger partial charge in [0.2, 0.25) is 0 Å². The minimum Gasteiger partial charge on any atom is -0.505 e. The number of aromatic hydroxyl groups is 1. The number of hydrogen-bond acceptors (Lipinski definition) is 2. The lowest BCUT2D eigenvalue weighted by atomic mass is 10.2. The molecular weight excluding hydrogens is 240 g/mol. The highest BCUT2D eigenvalue weighted by atomic mass is 35.5. The Morgan fingerprint density at radius 1 is 1.20 bits per heavy atom. The Morgan fingerprint density at radius 2 is 1.80 bits per heavy atom. The molecule has 0 aliphatic carbocycles. The molecule has 1 aromatic carbocycles. The average molecular weight is 252 g/mol. The van der Waals surface area contributed by atoms with Crippen LogP contribution in [0.3, 0.4) is 0 Å². The molecule has 0 unspecified atom stereocenters. The molecule has 0 aliphatic rings. The zero-order chi connectivity index (χ0) is 11.3. The zero-order valence-corrected chi connectivity index (χ0v) is 9.60. The van der Waals surface area contributed by atoms with Gasteiger partial charge in [0.15, 0.2) is 11.6 Å². The van der Waals surface area contributed by atoms with Gasteiger partial charge in [0, 0.05) is 36.6 Å². The predicted molar refractivity (Wildman–Crippen MR) is 61.7 cm³/mol. The molecule has 2 nitrogen and oxygen atoms in total. The Morgan fingerprint density at radius 3 is 2.27 bits per heavy atom. The summed E-state index contributed by atoms with van der Waals surface area (Å²) in [5, 5.41) is 9.04. The summed E-state index contributed by atoms with van der Waals surface area (Å²) in [5.41, 5.74) is 0.673. The van der Waals surface area contributed by atoms with Crippen LogP contribution in [0.25, 0.3) is 0 Å². The molecule has 1 aromatic rings. The lowest BCUT2D eigenvalue weighted by Crippen LogP contribution is -2.27. The topological polar surface area (TPSA) is 23.5 Å². The van der Waals surface area contributed by atoms with Gasteiger partial charge in [0.05, 0.1) is 0 Å². The maximum atomic E-state index is 13.1. The summed E-state index contributed by atoms with van der Waals surface area (Å²) < 4.78 is 13.1. The molecule has 0 radical (unpaired) electrons. The van der Waals surface area contributed by atoms with Gasteiger partial charge in [-0.15, -0.1) is 23.2 Å². The third-order valence-electron chi connectivity index (χ3n) is 2.01. The van der Waals surface area contributed by atoms with Crippen molar-refractivity contribution in [2.45, 2.75) is 0 Å². The van der Waals surface area contributed by atoms with Crippen molar-refractivity contribution in [2.75, 3.05) is 29.7 Å². The number of nitrogens with zero attached hydrogens (tertiary/aromatic N) is 1. The predicted octanol–water partition coefficient (Wildman–Crippen LogP) is 2.82. The van der Waals surface area contributed by atoms with Crippen LogP contribution in [0, 0.1) is 5.82 Å². The summed E-state index contributed by atoms with van der Waals surface area (Å²) in [6, 6.07) is 4.23. The molecule has 5 heteroatoms. The third-order valence-corrected chi connectivity index (χ3v) is 2.34. The SMILES string of the molecule is Oc1ccc(N(CCCl)CCCl)cc1F. The molecule has 0 heterocycles. The van der Waals surface area contributed by atoms with E-state index in [0.717, 1.165) is 0 Å². The molecule has 15 heavy (non-hydrogen) atoms. The van der Waals surface area contributed by atoms with Crippen molar-refractivity contribution in [1.29, 1.82) is 0 Å². The summed E-state index contributed by atoms with van der Waals surface area (Å²) in [7, 11) is 0. The Kier molecular flexibility index (Phi) is 4.99. The van der Waals surface area contributed by atoms with Gasteiger partial charge in [-0.25, -0.2) is 4.39 Å². The summed E-state index contributed by atoms with van der Waals surface area (Å²) in [4.78, 5) is 1.86. The second kappa shape index (κ2) is 6.03. The van der Waals surface area contributed by atoms with E-state index in [-0.39, 0.29) is 5.75 Å². The van der Waals surface area contributed by atoms with E-state index < -0.39 is 5.82 Å². The van der Waals surface area contributed by atoms with Crippen LogP contribution >= 0.6 is 23.2 Å². The maximum Gasteiger partial charge on any atom is 0.166 e. The minimum absolute atomic E-state index is 0.351. The van der Waals surface area contributed by atoms with Gasteiger partial charge in [-0.1, -0.05) is 0 Å². The van der Waals surface area contributed by atoms with Crippen molar-refractivity contribution in [2.24, 2.45) is 0 Å². The number of alkyl halides is 2. The molecule has 0 bridgehead atoms. The normalized spacial score (nSPS) is 10.3. The van der Waals surface area contributed by atoms with Crippen molar-refractivity contribution >= 4 is 28.9 Å². The number of phenolic OH excluding ortho intramolecular Hbond substituents is 1. The fourth-order valence-electron chi connectivity index (χ4n) is 1.27. The Bertz CT molecular complexity index is 316. The summed E-state index contributed by atoms with van der Waals surface area (Å²) in [6.45, 7) is 1.19. The molecular formula is C10H12Cl2FNO. The Hall–Kier alpha value is -0.670. The fraction of sp³-hybridized carbons (Fsp3) is 0.400. The molecule has 0 aliphatic heterocycles. The van der Waals surface area contributed by atoms with E-state index in [2.05, 4.69) is 0 Å². The van der Waals surface area contributed by atoms with Crippen molar-refractivity contribution in [3.05, 3.63) is 24.0 Å². The number of phenols is 1. The van der Waals surface area contributed by atoms with Gasteiger partial charge >= 0.3 is 0 Å². The zero-order valence-electron chi connectivity index (χ0n) is 8.09. The molecule has 1 rings (SSSR count). The second-order valence-electron chi connectivity index (χ2n) is 3.00. The first-order valence-electron chi connectivity index (χ1n) is 4.54. The number of rotatable bonds is 5. The number of hydrogen-bond donors (Lipinski definition) is 1. The van der Waals surface area contributed by atoms with Gasteiger partial charge < -0.3 is 10.0 Å². The van der Waals surface area contributed by atoms with E-state index in [1.807, 2.05) is 4.90 Å². The number of benzene rings is 1. The average Bonchev–Trinajstić information content (AvgIpc) is 2.22. The quantitative estimate of drug-likeness (QED) is 0.814. The lowest BCUT2D eigenvalue weighted by Gasteiger charge is -2.22. The number of halogens is 3. The van der Waals surface area contributed by atoms with E-state index in [9.17, 15) is 4.39 Å². The third kappa shape index (κ3) is 3.43. The first-order chi connectivity index (χ1) is 7.19. The van der Waals surface area contributed by atoms with E-state index in [4.69, 9.17) is 28.3 Å². The van der Waals surface area contributed by atoms with Gasteiger partial charge in [0.25, 0.3) is 0 Å². The highest BCUT2D eigenvalue weighted by Crippen LogP contribution is 2.22. The molecule has 0 aromatic heterocycles. The van der Waals surface area contributed by atoms with Crippen LogP contribution in [0.1, 0.15) is 0 Å². The van der Waals surface area contributed by atoms with Gasteiger partial charge in [-0.2, -0.15) is 0 Å². The molecule has 0 spiro atoms. The number of anilines is 1. The van der Waals surface area contributed by atoms with Crippen LogP contribution in [0.4, 0.5) is 10.1 Å². The highest BCUT2D eigenvalue weighted by molar-refractivity contribution is 6.18. The van der Waals surface area contributed by atoms with Crippen LogP contribution in [0.2, 0.25) is 0 Å². The Balaban J connectivity index is 2.85. The largest absolute Gasteiger partial charge is 0.505 e. The maximum absolute atomic E-state index is 13.1. The molecule has 0 amide bonds. The van der Waals surface area contributed by atoms with Crippen molar-refractivity contribution in [1.82, 2.24) is 0 Å². The molecule has 0 saturated heterocycles. The summed E-state index contributed by atoms with van der Waals surface area (Å²) in [5.74, 6) is -0.101. The van der Waals surface area contributed by atoms with Crippen LogP contribution in [-0.4, -0.2) is 30.0 Å². The van der Waals surface area contributed by atoms with Crippen LogP contribution < -0.4 is 4.90 Å². The van der Waals surface area contributed by atoms with E-state index in [1.54, 1.807) is 6.07 Å². The van der Waals surface area contributed by atoms with Gasteiger partial charge in [-0.3, -0.25) is 0 Å². The van der Waals surface area contributed by atoms with Gasteiger partial charge in [-0.05, 0) is 12.1 Å². The molecule has 0 fully saturated rings. The van der Waals surface area contributed by atoms with Crippen molar-refractivity contribution in [3.63, 3.8) is 0 Å². The fourth-order valence-corrected chi connectivity index (χ4v) is 1.67. The Labute approximate surface area is 98.2 Å². The van der Waals surface area contributed by atoms with Gasteiger partial charge in [0.1, 0.15) is 0 Å². The first-order valence-corrected chi connectivity index (χ1v) is 5.61. The van der Waals surface area contributed by atoms with E-state index >= 15 is 0 Å². The molecule has 1 N–H and O–H groups in total. The molecule has 0 atom stereocenters. The van der Waals surface area contributed by atoms with Crippen molar-refractivity contribution < 1.29 is 9.50 Å². The van der Waals surface area contributed by atoms with Crippen LogP contribution in [0.15, 0.2) is 18.2 Å². The van der Waals surface area contributed by atoms with E-state index in [0.29, 0.717) is 30.5 Å². The molecule has 84 valence electrons. The monoisotopic (exact) mass is 251 g/mol. The van der Waals surface area contributed by atoms with E-state index in [1.165, 1.54) is 12.1 Å². The van der Waals surface area contributed by atoms with Crippen LogP contribution in [0.5, 0.6) is 5.75 Å². The summed E-state index contributed by atoms with van der Waals surface area (Å²) in [6.07, 6.45) is 0. The van der Waals surface area contributed by atoms with Crippen LogP contribution in [-0.2, 0) is 0 Å². The smallest absolute Gasteiger partial charge is 0.166 e. The molecule has 0 saturated carbocycles. The standard InChI is InChI=1S/C10H12Cl2FNO/c11-3-5-14(6-4-12)8-1-2-10(15)9(13)7-8/h1-2,7,15H,3-6H2. The minimum atomic E-state index is -0.637. The lowest BCUT2D eigenvalue weighted by molar-refractivity contribution is 0.432.